The summed E-state index contributed by atoms with van der Waals surface area (Å²) in [6.45, 7) is 6.84. The Morgan fingerprint density at radius 3 is 1.78 bits per heavy atom. The average molecular weight is 627 g/mol. The SMILES string of the molecule is CCCCCCCCCCCCCCCCCCCCCC(=O)O[C@H]1CC[C@@]2(C)C(=CC(O)[C@@H]3[C@@H]2CC[C@]2(C)C(=O)CC[C@@H]32)C1. The number of fused-ring (bicyclic) bond motifs is 5. The Labute approximate surface area is 277 Å². The van der Waals surface area contributed by atoms with Crippen molar-refractivity contribution in [1.29, 1.82) is 0 Å². The molecule has 0 saturated heterocycles. The molecule has 0 aromatic carbocycles. The summed E-state index contributed by atoms with van der Waals surface area (Å²) in [4.78, 5) is 25.4. The lowest BCUT2D eigenvalue weighted by molar-refractivity contribution is -0.152. The number of ketones is 1. The lowest BCUT2D eigenvalue weighted by Gasteiger charge is -2.58. The van der Waals surface area contributed by atoms with Gasteiger partial charge in [0.05, 0.1) is 6.10 Å². The largest absolute Gasteiger partial charge is 0.462 e. The number of hydrogen-bond acceptors (Lipinski definition) is 4. The van der Waals surface area contributed by atoms with Crippen LogP contribution in [0.25, 0.3) is 0 Å². The summed E-state index contributed by atoms with van der Waals surface area (Å²) in [7, 11) is 0. The van der Waals surface area contributed by atoms with E-state index in [1.807, 2.05) is 0 Å². The highest BCUT2D eigenvalue weighted by Gasteiger charge is 2.60. The highest BCUT2D eigenvalue weighted by atomic mass is 16.5. The Morgan fingerprint density at radius 2 is 1.22 bits per heavy atom. The monoisotopic (exact) mass is 627 g/mol. The van der Waals surface area contributed by atoms with E-state index in [1.54, 1.807) is 0 Å². The molecular formula is C41H70O4. The van der Waals surface area contributed by atoms with Crippen molar-refractivity contribution in [2.75, 3.05) is 0 Å². The third kappa shape index (κ3) is 9.93. The van der Waals surface area contributed by atoms with E-state index >= 15 is 0 Å². The summed E-state index contributed by atoms with van der Waals surface area (Å²) in [5, 5.41) is 11.3. The van der Waals surface area contributed by atoms with Crippen molar-refractivity contribution in [2.24, 2.45) is 28.6 Å². The number of aliphatic hydroxyl groups excluding tert-OH is 1. The van der Waals surface area contributed by atoms with Gasteiger partial charge in [-0.25, -0.2) is 0 Å². The lowest BCUT2D eigenvalue weighted by atomic mass is 9.47. The molecule has 0 radical (unpaired) electrons. The van der Waals surface area contributed by atoms with Gasteiger partial charge in [0, 0.05) is 24.7 Å². The zero-order chi connectivity index (χ0) is 32.1. The number of ether oxygens (including phenoxy) is 1. The molecule has 4 heteroatoms. The number of carbonyl (C=O) groups is 2. The van der Waals surface area contributed by atoms with Crippen LogP contribution in [-0.2, 0) is 14.3 Å². The molecule has 0 amide bonds. The fourth-order valence-corrected chi connectivity index (χ4v) is 10.1. The van der Waals surface area contributed by atoms with Crippen LogP contribution < -0.4 is 0 Å². The van der Waals surface area contributed by atoms with Gasteiger partial charge in [-0.1, -0.05) is 148 Å². The van der Waals surface area contributed by atoms with Crippen LogP contribution in [-0.4, -0.2) is 29.1 Å². The van der Waals surface area contributed by atoms with Gasteiger partial charge >= 0.3 is 5.97 Å². The van der Waals surface area contributed by atoms with Gasteiger partial charge in [0.1, 0.15) is 11.9 Å². The van der Waals surface area contributed by atoms with Crippen molar-refractivity contribution in [3.8, 4) is 0 Å². The van der Waals surface area contributed by atoms with Crippen molar-refractivity contribution < 1.29 is 19.4 Å². The predicted octanol–water partition coefficient (Wildman–Crippen LogP) is 11.2. The first-order valence-electron chi connectivity index (χ1n) is 19.9. The van der Waals surface area contributed by atoms with Crippen LogP contribution in [0.1, 0.15) is 194 Å². The molecule has 3 saturated carbocycles. The molecule has 4 nitrogen and oxygen atoms in total. The van der Waals surface area contributed by atoms with Crippen LogP contribution in [0, 0.1) is 28.6 Å². The quantitative estimate of drug-likeness (QED) is 0.0782. The number of Topliss-reactive ketones (excluding diaryl/α,β-unsaturated/α-hetero) is 1. The third-order valence-electron chi connectivity index (χ3n) is 13.1. The van der Waals surface area contributed by atoms with E-state index < -0.39 is 6.10 Å². The minimum atomic E-state index is -0.479. The number of unbranched alkanes of at least 4 members (excludes halogenated alkanes) is 18. The number of rotatable bonds is 21. The first kappa shape index (κ1) is 36.7. The standard InChI is InChI=1S/C41H70O4/c1-4-5-6-7-8-9-10-11-12-13-14-15-16-17-18-19-20-21-22-23-38(44)45-33-26-28-40(2)32(30-33)31-36(42)39-34-24-25-37(43)41(34,3)29-27-35(39)40/h31,33-36,39,42H,4-30H2,1-3H3/t33-,34-,35-,36?,39-,40-,41-/m0/s1. The van der Waals surface area contributed by atoms with Crippen LogP contribution in [0.3, 0.4) is 0 Å². The second-order valence-electron chi connectivity index (χ2n) is 16.3. The van der Waals surface area contributed by atoms with Crippen molar-refractivity contribution in [3.63, 3.8) is 0 Å². The first-order valence-corrected chi connectivity index (χ1v) is 19.9. The second-order valence-corrected chi connectivity index (χ2v) is 16.3. The molecule has 0 heterocycles. The highest BCUT2D eigenvalue weighted by molar-refractivity contribution is 5.87. The van der Waals surface area contributed by atoms with Crippen molar-refractivity contribution >= 4 is 11.8 Å². The van der Waals surface area contributed by atoms with E-state index in [0.29, 0.717) is 30.5 Å². The van der Waals surface area contributed by atoms with Gasteiger partial charge in [-0.05, 0) is 61.7 Å². The highest BCUT2D eigenvalue weighted by Crippen LogP contribution is 2.64. The van der Waals surface area contributed by atoms with Gasteiger partial charge < -0.3 is 9.84 Å². The summed E-state index contributed by atoms with van der Waals surface area (Å²) in [5.41, 5.74) is 1.13. The minimum absolute atomic E-state index is 0.0386. The summed E-state index contributed by atoms with van der Waals surface area (Å²) in [6.07, 6.45) is 34.2. The summed E-state index contributed by atoms with van der Waals surface area (Å²) in [6, 6.07) is 0. The molecule has 0 aromatic heterocycles. The molecule has 4 aliphatic carbocycles. The Kier molecular flexibility index (Phi) is 15.0. The Morgan fingerprint density at radius 1 is 0.733 bits per heavy atom. The smallest absolute Gasteiger partial charge is 0.306 e. The van der Waals surface area contributed by atoms with Gasteiger partial charge in [0.15, 0.2) is 0 Å². The van der Waals surface area contributed by atoms with Crippen LogP contribution >= 0.6 is 0 Å². The van der Waals surface area contributed by atoms with E-state index in [9.17, 15) is 14.7 Å². The van der Waals surface area contributed by atoms with Crippen LogP contribution in [0.2, 0.25) is 0 Å². The van der Waals surface area contributed by atoms with Gasteiger partial charge in [-0.2, -0.15) is 0 Å². The Balaban J connectivity index is 1.00. The molecular weight excluding hydrogens is 556 g/mol. The molecule has 258 valence electrons. The molecule has 45 heavy (non-hydrogen) atoms. The zero-order valence-corrected chi connectivity index (χ0v) is 29.7. The number of aliphatic hydroxyl groups is 1. The maximum Gasteiger partial charge on any atom is 0.306 e. The van der Waals surface area contributed by atoms with E-state index in [1.165, 1.54) is 115 Å². The molecule has 7 atom stereocenters. The van der Waals surface area contributed by atoms with E-state index in [-0.39, 0.29) is 28.8 Å². The molecule has 0 aromatic rings. The van der Waals surface area contributed by atoms with Crippen molar-refractivity contribution in [1.82, 2.24) is 0 Å². The second kappa shape index (κ2) is 18.4. The van der Waals surface area contributed by atoms with Gasteiger partial charge in [-0.15, -0.1) is 0 Å². The van der Waals surface area contributed by atoms with Gasteiger partial charge in [0.25, 0.3) is 0 Å². The molecule has 0 aliphatic heterocycles. The summed E-state index contributed by atoms with van der Waals surface area (Å²) < 4.78 is 5.99. The molecule has 1 N–H and O–H groups in total. The molecule has 1 unspecified atom stereocenters. The van der Waals surface area contributed by atoms with E-state index in [4.69, 9.17) is 4.74 Å². The lowest BCUT2D eigenvalue weighted by Crippen LogP contribution is -2.54. The molecule has 4 aliphatic rings. The summed E-state index contributed by atoms with van der Waals surface area (Å²) in [5.74, 6) is 1.31. The first-order chi connectivity index (χ1) is 21.8. The van der Waals surface area contributed by atoms with Crippen LogP contribution in [0.5, 0.6) is 0 Å². The van der Waals surface area contributed by atoms with Crippen LogP contribution in [0.15, 0.2) is 11.6 Å². The number of carbonyl (C=O) groups excluding carboxylic acids is 2. The molecule has 0 spiro atoms. The topological polar surface area (TPSA) is 63.6 Å². The molecule has 3 fully saturated rings. The fraction of sp³-hybridized carbons (Fsp3) is 0.902. The van der Waals surface area contributed by atoms with Crippen molar-refractivity contribution in [2.45, 2.75) is 206 Å². The maximum absolute atomic E-state index is 12.7. The van der Waals surface area contributed by atoms with Crippen LogP contribution in [0.4, 0.5) is 0 Å². The van der Waals surface area contributed by atoms with Crippen molar-refractivity contribution in [3.05, 3.63) is 11.6 Å². The fourth-order valence-electron chi connectivity index (χ4n) is 10.1. The minimum Gasteiger partial charge on any atom is -0.462 e. The normalized spacial score (nSPS) is 32.5. The number of hydrogen-bond donors (Lipinski definition) is 1. The Hall–Kier alpha value is -1.16. The molecule has 0 bridgehead atoms. The molecule has 4 rings (SSSR count). The zero-order valence-electron chi connectivity index (χ0n) is 29.7. The van der Waals surface area contributed by atoms with Gasteiger partial charge in [-0.3, -0.25) is 9.59 Å². The van der Waals surface area contributed by atoms with Gasteiger partial charge in [0.2, 0.25) is 0 Å². The Bertz CT molecular complexity index is 940. The average Bonchev–Trinajstić information content (AvgIpc) is 3.33. The summed E-state index contributed by atoms with van der Waals surface area (Å²) >= 11 is 0. The number of esters is 1. The van der Waals surface area contributed by atoms with E-state index in [2.05, 4.69) is 26.8 Å². The maximum atomic E-state index is 12.7. The predicted molar refractivity (Wildman–Crippen MR) is 186 cm³/mol. The third-order valence-corrected chi connectivity index (χ3v) is 13.1. The van der Waals surface area contributed by atoms with E-state index in [0.717, 1.165) is 51.4 Å².